The van der Waals surface area contributed by atoms with E-state index in [0.717, 1.165) is 63.7 Å². The zero-order chi connectivity index (χ0) is 26.0. The van der Waals surface area contributed by atoms with Crippen LogP contribution in [0.5, 0.6) is 5.75 Å². The fourth-order valence-electron chi connectivity index (χ4n) is 4.32. The van der Waals surface area contributed by atoms with Crippen LogP contribution in [0.1, 0.15) is 13.8 Å². The molecule has 2 N–H and O–H groups in total. The van der Waals surface area contributed by atoms with Crippen molar-refractivity contribution in [1.29, 1.82) is 0 Å². The molecule has 2 aliphatic rings. The maximum Gasteiger partial charge on any atom is 0.325 e. The van der Waals surface area contributed by atoms with Gasteiger partial charge in [-0.1, -0.05) is 0 Å². The lowest BCUT2D eigenvalue weighted by atomic mass is 10.0. The Kier molecular flexibility index (Phi) is 7.61. The first kappa shape index (κ1) is 25.8. The number of hydrogen-bond acceptors (Lipinski definition) is 9. The van der Waals surface area contributed by atoms with Gasteiger partial charge in [0.15, 0.2) is 0 Å². The molecule has 5 rings (SSSR count). The standard InChI is InChI=1S/C25H29BrN6O4S/c1-25(2)22(33)30-24(34)32(25)6-5-27-23-28-15-18(26)21(29-23)20-14-16-13-17(3-4-19(16)37-20)36-12-9-31-7-10-35-11-8-31/h3-4,13-15H,5-12H2,1-2H3,(H,27,28,29)(H,30,33,34). The molecule has 0 unspecified atom stereocenters. The van der Waals surface area contributed by atoms with E-state index in [1.54, 1.807) is 31.4 Å². The van der Waals surface area contributed by atoms with Crippen molar-refractivity contribution in [1.82, 2.24) is 25.1 Å². The number of rotatable bonds is 9. The Hall–Kier alpha value is -2.80. The average molecular weight is 590 g/mol. The van der Waals surface area contributed by atoms with Gasteiger partial charge in [0.2, 0.25) is 5.95 Å². The highest BCUT2D eigenvalue weighted by atomic mass is 79.9. The molecule has 4 heterocycles. The van der Waals surface area contributed by atoms with Gasteiger partial charge >= 0.3 is 6.03 Å². The summed E-state index contributed by atoms with van der Waals surface area (Å²) in [5.74, 6) is 1.00. The molecule has 3 amide bonds. The highest BCUT2D eigenvalue weighted by molar-refractivity contribution is 9.10. The molecule has 2 aromatic heterocycles. The second-order valence-electron chi connectivity index (χ2n) is 9.40. The minimum atomic E-state index is -0.882. The number of morpholine rings is 1. The van der Waals surface area contributed by atoms with E-state index >= 15 is 0 Å². The quantitative estimate of drug-likeness (QED) is 0.365. The molecule has 0 aliphatic carbocycles. The van der Waals surface area contributed by atoms with Crippen LogP contribution < -0.4 is 15.4 Å². The van der Waals surface area contributed by atoms with Crippen LogP contribution in [-0.4, -0.2) is 89.8 Å². The highest BCUT2D eigenvalue weighted by Gasteiger charge is 2.45. The van der Waals surface area contributed by atoms with E-state index in [1.165, 1.54) is 4.90 Å². The van der Waals surface area contributed by atoms with Gasteiger partial charge in [-0.2, -0.15) is 0 Å². The number of urea groups is 1. The molecule has 0 bridgehead atoms. The fraction of sp³-hybridized carbons (Fsp3) is 0.440. The average Bonchev–Trinajstić information content (AvgIpc) is 3.38. The molecule has 1 aromatic carbocycles. The fourth-order valence-corrected chi connectivity index (χ4v) is 5.91. The van der Waals surface area contributed by atoms with Gasteiger partial charge in [-0.05, 0) is 59.4 Å². The number of fused-ring (bicyclic) bond motifs is 1. The molecule has 37 heavy (non-hydrogen) atoms. The van der Waals surface area contributed by atoms with Gasteiger partial charge in [0.1, 0.15) is 23.6 Å². The monoisotopic (exact) mass is 588 g/mol. The third-order valence-corrected chi connectivity index (χ3v) is 8.26. The van der Waals surface area contributed by atoms with Crippen LogP contribution in [-0.2, 0) is 9.53 Å². The summed E-state index contributed by atoms with van der Waals surface area (Å²) in [5, 5.41) is 6.62. The van der Waals surface area contributed by atoms with Crippen molar-refractivity contribution in [2.45, 2.75) is 19.4 Å². The summed E-state index contributed by atoms with van der Waals surface area (Å²) in [4.78, 5) is 38.0. The van der Waals surface area contributed by atoms with Crippen molar-refractivity contribution in [2.24, 2.45) is 0 Å². The summed E-state index contributed by atoms with van der Waals surface area (Å²) >= 11 is 5.23. The summed E-state index contributed by atoms with van der Waals surface area (Å²) in [7, 11) is 0. The largest absolute Gasteiger partial charge is 0.492 e. The molecule has 2 fully saturated rings. The van der Waals surface area contributed by atoms with Crippen molar-refractivity contribution in [3.63, 3.8) is 0 Å². The number of nitrogens with one attached hydrogen (secondary N) is 2. The van der Waals surface area contributed by atoms with E-state index in [2.05, 4.69) is 54.6 Å². The van der Waals surface area contributed by atoms with Crippen LogP contribution >= 0.6 is 27.3 Å². The number of aromatic nitrogens is 2. The van der Waals surface area contributed by atoms with E-state index in [1.807, 2.05) is 6.07 Å². The maximum absolute atomic E-state index is 12.1. The number of carbonyl (C=O) groups is 2. The van der Waals surface area contributed by atoms with E-state index in [9.17, 15) is 9.59 Å². The Morgan fingerprint density at radius 1 is 1.22 bits per heavy atom. The summed E-state index contributed by atoms with van der Waals surface area (Å²) in [6, 6.07) is 7.86. The van der Waals surface area contributed by atoms with Crippen LogP contribution in [0.3, 0.4) is 0 Å². The first-order chi connectivity index (χ1) is 17.8. The molecule has 2 saturated heterocycles. The zero-order valence-corrected chi connectivity index (χ0v) is 23.2. The zero-order valence-electron chi connectivity index (χ0n) is 20.8. The van der Waals surface area contributed by atoms with Gasteiger partial charge < -0.3 is 19.7 Å². The number of anilines is 1. The van der Waals surface area contributed by atoms with E-state index < -0.39 is 5.54 Å². The number of amides is 3. The van der Waals surface area contributed by atoms with Crippen molar-refractivity contribution in [3.05, 3.63) is 34.9 Å². The smallest absolute Gasteiger partial charge is 0.325 e. The Bertz CT molecular complexity index is 1310. The number of hydrogen-bond donors (Lipinski definition) is 2. The third kappa shape index (κ3) is 5.71. The number of imide groups is 1. The molecule has 10 nitrogen and oxygen atoms in total. The second kappa shape index (κ2) is 10.9. The normalized spacial score (nSPS) is 17.9. The van der Waals surface area contributed by atoms with Gasteiger partial charge in [0.25, 0.3) is 5.91 Å². The first-order valence-corrected chi connectivity index (χ1v) is 13.8. The molecule has 0 saturated carbocycles. The summed E-state index contributed by atoms with van der Waals surface area (Å²) in [6.07, 6.45) is 1.71. The van der Waals surface area contributed by atoms with Crippen LogP contribution in [0.2, 0.25) is 0 Å². The molecule has 196 valence electrons. The Morgan fingerprint density at radius 2 is 2.03 bits per heavy atom. The number of thiophene rings is 1. The van der Waals surface area contributed by atoms with Gasteiger partial charge in [-0.25, -0.2) is 14.8 Å². The number of halogens is 1. The van der Waals surface area contributed by atoms with Gasteiger partial charge in [0, 0.05) is 43.6 Å². The first-order valence-electron chi connectivity index (χ1n) is 12.2. The van der Waals surface area contributed by atoms with Gasteiger partial charge in [-0.3, -0.25) is 15.0 Å². The molecular formula is C25H29BrN6O4S. The predicted molar refractivity (Wildman–Crippen MR) is 146 cm³/mol. The minimum absolute atomic E-state index is 0.296. The lowest BCUT2D eigenvalue weighted by molar-refractivity contribution is -0.125. The Balaban J connectivity index is 1.23. The summed E-state index contributed by atoms with van der Waals surface area (Å²) in [5.41, 5.74) is -0.102. The maximum atomic E-state index is 12.1. The lowest BCUT2D eigenvalue weighted by Crippen LogP contribution is -2.46. The Labute approximate surface area is 227 Å². The number of nitrogens with zero attached hydrogens (tertiary/aromatic N) is 4. The van der Waals surface area contributed by atoms with Crippen LogP contribution in [0.25, 0.3) is 20.7 Å². The second-order valence-corrected chi connectivity index (χ2v) is 11.3. The van der Waals surface area contributed by atoms with E-state index in [-0.39, 0.29) is 11.9 Å². The van der Waals surface area contributed by atoms with Crippen LogP contribution in [0.4, 0.5) is 10.7 Å². The van der Waals surface area contributed by atoms with Crippen molar-refractivity contribution in [2.75, 3.05) is 57.9 Å². The molecule has 0 radical (unpaired) electrons. The summed E-state index contributed by atoms with van der Waals surface area (Å²) < 4.78 is 13.3. The molecule has 3 aromatic rings. The molecule has 0 spiro atoms. The third-order valence-electron chi connectivity index (χ3n) is 6.56. The topological polar surface area (TPSA) is 109 Å². The molecular weight excluding hydrogens is 560 g/mol. The SMILES string of the molecule is CC1(C)C(=O)NC(=O)N1CCNc1ncc(Br)c(-c2cc3cc(OCCN4CCOCC4)ccc3s2)n1. The molecule has 0 atom stereocenters. The van der Waals surface area contributed by atoms with Crippen molar-refractivity contribution >= 4 is 55.2 Å². The highest BCUT2D eigenvalue weighted by Crippen LogP contribution is 2.37. The lowest BCUT2D eigenvalue weighted by Gasteiger charge is -2.27. The number of benzene rings is 1. The minimum Gasteiger partial charge on any atom is -0.492 e. The number of carbonyl (C=O) groups excluding carboxylic acids is 2. The van der Waals surface area contributed by atoms with Crippen LogP contribution in [0, 0.1) is 0 Å². The van der Waals surface area contributed by atoms with E-state index in [0.29, 0.717) is 25.6 Å². The van der Waals surface area contributed by atoms with Gasteiger partial charge in [0.05, 0.1) is 22.6 Å². The van der Waals surface area contributed by atoms with Crippen LogP contribution in [0.15, 0.2) is 34.9 Å². The van der Waals surface area contributed by atoms with E-state index in [4.69, 9.17) is 14.5 Å². The van der Waals surface area contributed by atoms with Crippen molar-refractivity contribution in [3.8, 4) is 16.3 Å². The predicted octanol–water partition coefficient (Wildman–Crippen LogP) is 3.57. The summed E-state index contributed by atoms with van der Waals surface area (Å²) in [6.45, 7) is 9.20. The van der Waals surface area contributed by atoms with Crippen molar-refractivity contribution < 1.29 is 19.1 Å². The number of ether oxygens (including phenoxy) is 2. The van der Waals surface area contributed by atoms with Gasteiger partial charge in [-0.15, -0.1) is 11.3 Å². The molecule has 2 aliphatic heterocycles. The Morgan fingerprint density at radius 3 is 2.78 bits per heavy atom. The molecule has 12 heteroatoms.